The maximum atomic E-state index is 6.38. The highest BCUT2D eigenvalue weighted by atomic mass is 16.5. The molecule has 140 valence electrons. The second kappa shape index (κ2) is 5.74. The van der Waals surface area contributed by atoms with Crippen molar-refractivity contribution in [3.63, 3.8) is 0 Å². The lowest BCUT2D eigenvalue weighted by Crippen LogP contribution is -2.24. The Bertz CT molecular complexity index is 1390. The van der Waals surface area contributed by atoms with Crippen molar-refractivity contribution in [1.82, 2.24) is 4.57 Å². The molecule has 0 saturated heterocycles. The smallest absolute Gasteiger partial charge is 0.132 e. The minimum absolute atomic E-state index is 0.157. The van der Waals surface area contributed by atoms with Crippen molar-refractivity contribution in [3.8, 4) is 17.2 Å². The zero-order valence-electron chi connectivity index (χ0n) is 16.5. The molecule has 2 heteroatoms. The highest BCUT2D eigenvalue weighted by molar-refractivity contribution is 6.12. The summed E-state index contributed by atoms with van der Waals surface area (Å²) in [6, 6.07) is 32.0. The van der Waals surface area contributed by atoms with E-state index in [0.717, 1.165) is 11.5 Å². The van der Waals surface area contributed by atoms with Crippen molar-refractivity contribution in [3.05, 3.63) is 102 Å². The quantitative estimate of drug-likeness (QED) is 0.302. The van der Waals surface area contributed by atoms with Gasteiger partial charge in [-0.3, -0.25) is 0 Å². The molecule has 0 unspecified atom stereocenters. The second-order valence-electron chi connectivity index (χ2n) is 8.24. The number of ether oxygens (including phenoxy) is 1. The summed E-state index contributed by atoms with van der Waals surface area (Å²) >= 11 is 0. The Morgan fingerprint density at radius 1 is 0.655 bits per heavy atom. The first kappa shape index (κ1) is 16.4. The van der Waals surface area contributed by atoms with E-state index < -0.39 is 0 Å². The van der Waals surface area contributed by atoms with Crippen LogP contribution in [-0.4, -0.2) is 4.57 Å². The largest absolute Gasteiger partial charge is 0.457 e. The number of nitrogens with zero attached hydrogens (tertiary/aromatic N) is 1. The van der Waals surface area contributed by atoms with Crippen LogP contribution in [-0.2, 0) is 5.41 Å². The average molecular weight is 375 g/mol. The Kier molecular flexibility index (Phi) is 3.25. The Balaban J connectivity index is 1.78. The van der Waals surface area contributed by atoms with Crippen molar-refractivity contribution >= 4 is 21.8 Å². The van der Waals surface area contributed by atoms with Crippen LogP contribution in [0.5, 0.6) is 11.5 Å². The molecule has 0 fully saturated rings. The van der Waals surface area contributed by atoms with Gasteiger partial charge in [0.1, 0.15) is 11.5 Å². The Labute approximate surface area is 170 Å². The van der Waals surface area contributed by atoms with E-state index in [9.17, 15) is 0 Å². The zero-order valence-corrected chi connectivity index (χ0v) is 16.5. The molecule has 0 spiro atoms. The van der Waals surface area contributed by atoms with E-state index >= 15 is 0 Å². The molecule has 0 aliphatic carbocycles. The predicted octanol–water partition coefficient (Wildman–Crippen LogP) is 7.22. The van der Waals surface area contributed by atoms with E-state index in [0.29, 0.717) is 0 Å². The van der Waals surface area contributed by atoms with E-state index in [1.807, 2.05) is 6.07 Å². The number of aromatic nitrogens is 1. The van der Waals surface area contributed by atoms with Crippen LogP contribution >= 0.6 is 0 Å². The highest BCUT2D eigenvalue weighted by Crippen LogP contribution is 2.52. The third-order valence-electron chi connectivity index (χ3n) is 6.22. The maximum Gasteiger partial charge on any atom is 0.132 e. The normalized spacial score (nSPS) is 14.4. The first-order chi connectivity index (χ1) is 14.2. The lowest BCUT2D eigenvalue weighted by Gasteiger charge is -2.35. The van der Waals surface area contributed by atoms with Crippen molar-refractivity contribution < 1.29 is 4.74 Å². The van der Waals surface area contributed by atoms with Crippen LogP contribution in [0.15, 0.2) is 91.0 Å². The molecule has 0 bridgehead atoms. The van der Waals surface area contributed by atoms with Gasteiger partial charge in [-0.2, -0.15) is 0 Å². The number of rotatable bonds is 1. The standard InChI is InChI=1S/C27H21NO/c1-27(2)20-13-7-9-15-23(20)29-24-17-16-22-25(26(24)27)19-12-6-8-14-21(19)28(22)18-10-4-3-5-11-18/h3-17H,1-2H3. The summed E-state index contributed by atoms with van der Waals surface area (Å²) in [4.78, 5) is 0. The molecule has 1 aliphatic rings. The molecular weight excluding hydrogens is 354 g/mol. The summed E-state index contributed by atoms with van der Waals surface area (Å²) in [5.41, 5.74) is 5.95. The van der Waals surface area contributed by atoms with Crippen LogP contribution in [0.4, 0.5) is 0 Å². The van der Waals surface area contributed by atoms with Crippen molar-refractivity contribution in [1.29, 1.82) is 0 Å². The zero-order chi connectivity index (χ0) is 19.6. The van der Waals surface area contributed by atoms with Gasteiger partial charge in [-0.05, 0) is 36.4 Å². The van der Waals surface area contributed by atoms with Gasteiger partial charge in [0.15, 0.2) is 0 Å². The van der Waals surface area contributed by atoms with Crippen LogP contribution < -0.4 is 4.74 Å². The summed E-state index contributed by atoms with van der Waals surface area (Å²) in [5.74, 6) is 1.91. The average Bonchev–Trinajstić information content (AvgIpc) is 3.08. The molecule has 4 aromatic carbocycles. The minimum Gasteiger partial charge on any atom is -0.457 e. The van der Waals surface area contributed by atoms with Gasteiger partial charge in [-0.25, -0.2) is 0 Å². The van der Waals surface area contributed by atoms with E-state index in [4.69, 9.17) is 4.74 Å². The number of fused-ring (bicyclic) bond motifs is 6. The van der Waals surface area contributed by atoms with Gasteiger partial charge >= 0.3 is 0 Å². The first-order valence-corrected chi connectivity index (χ1v) is 10.1. The molecule has 1 aliphatic heterocycles. The predicted molar refractivity (Wildman–Crippen MR) is 119 cm³/mol. The maximum absolute atomic E-state index is 6.38. The summed E-state index contributed by atoms with van der Waals surface area (Å²) in [5, 5.41) is 2.54. The van der Waals surface area contributed by atoms with Crippen LogP contribution in [0.25, 0.3) is 27.5 Å². The number of hydrogen-bond donors (Lipinski definition) is 0. The third kappa shape index (κ3) is 2.17. The molecule has 6 rings (SSSR count). The van der Waals surface area contributed by atoms with Crippen molar-refractivity contribution in [2.24, 2.45) is 0 Å². The molecule has 0 amide bonds. The van der Waals surface area contributed by atoms with Gasteiger partial charge in [-0.1, -0.05) is 68.4 Å². The topological polar surface area (TPSA) is 14.2 Å². The van der Waals surface area contributed by atoms with E-state index in [1.54, 1.807) is 0 Å². The molecule has 0 radical (unpaired) electrons. The molecule has 29 heavy (non-hydrogen) atoms. The molecule has 2 heterocycles. The fourth-order valence-corrected chi connectivity index (χ4v) is 4.93. The monoisotopic (exact) mass is 375 g/mol. The summed E-state index contributed by atoms with van der Waals surface area (Å²) < 4.78 is 8.74. The SMILES string of the molecule is CC1(C)c2ccccc2Oc2ccc3c(c21)c1ccccc1n3-c1ccccc1. The van der Waals surface area contributed by atoms with Crippen molar-refractivity contribution in [2.75, 3.05) is 0 Å². The Hall–Kier alpha value is -3.52. The molecule has 1 aromatic heterocycles. The second-order valence-corrected chi connectivity index (χ2v) is 8.24. The van der Waals surface area contributed by atoms with E-state index in [2.05, 4.69) is 103 Å². The fraction of sp³-hybridized carbons (Fsp3) is 0.111. The minimum atomic E-state index is -0.157. The van der Waals surface area contributed by atoms with Gasteiger partial charge < -0.3 is 9.30 Å². The van der Waals surface area contributed by atoms with Crippen molar-refractivity contribution in [2.45, 2.75) is 19.3 Å². The Morgan fingerprint density at radius 3 is 2.24 bits per heavy atom. The lowest BCUT2D eigenvalue weighted by molar-refractivity contribution is 0.420. The number of benzene rings is 4. The summed E-state index contributed by atoms with van der Waals surface area (Å²) in [6.45, 7) is 4.61. The molecule has 0 saturated carbocycles. The van der Waals surface area contributed by atoms with Crippen LogP contribution in [0, 0.1) is 0 Å². The Morgan fingerprint density at radius 2 is 1.38 bits per heavy atom. The van der Waals surface area contributed by atoms with Gasteiger partial charge in [0.25, 0.3) is 0 Å². The molecule has 0 N–H and O–H groups in total. The molecule has 2 nitrogen and oxygen atoms in total. The lowest BCUT2D eigenvalue weighted by atomic mass is 9.74. The molecule has 5 aromatic rings. The van der Waals surface area contributed by atoms with Gasteiger partial charge in [-0.15, -0.1) is 0 Å². The van der Waals surface area contributed by atoms with Gasteiger partial charge in [0.05, 0.1) is 11.0 Å². The third-order valence-corrected chi connectivity index (χ3v) is 6.22. The molecule has 0 atom stereocenters. The van der Waals surface area contributed by atoms with Crippen LogP contribution in [0.3, 0.4) is 0 Å². The molecular formula is C27H21NO. The number of hydrogen-bond acceptors (Lipinski definition) is 1. The van der Waals surface area contributed by atoms with E-state index in [-0.39, 0.29) is 5.41 Å². The fourth-order valence-electron chi connectivity index (χ4n) is 4.93. The van der Waals surface area contributed by atoms with Crippen LogP contribution in [0.1, 0.15) is 25.0 Å². The van der Waals surface area contributed by atoms with Gasteiger partial charge in [0.2, 0.25) is 0 Å². The van der Waals surface area contributed by atoms with Crippen LogP contribution in [0.2, 0.25) is 0 Å². The van der Waals surface area contributed by atoms with Gasteiger partial charge in [0, 0.05) is 33.0 Å². The summed E-state index contributed by atoms with van der Waals surface area (Å²) in [6.07, 6.45) is 0. The number of para-hydroxylation sites is 3. The first-order valence-electron chi connectivity index (χ1n) is 10.1. The summed E-state index contributed by atoms with van der Waals surface area (Å²) in [7, 11) is 0. The van der Waals surface area contributed by atoms with E-state index in [1.165, 1.54) is 38.6 Å². The highest BCUT2D eigenvalue weighted by Gasteiger charge is 2.36.